The molecule has 0 saturated carbocycles. The van der Waals surface area contributed by atoms with Gasteiger partial charge in [0.25, 0.3) is 0 Å². The molecule has 0 aliphatic carbocycles. The maximum Gasteiger partial charge on any atom is 0.414 e. The topological polar surface area (TPSA) is 77.8 Å². The van der Waals surface area contributed by atoms with Gasteiger partial charge < -0.3 is 15.1 Å². The highest BCUT2D eigenvalue weighted by molar-refractivity contribution is 7.98. The number of carboxylic acid groups (broad SMARTS) is 2. The predicted octanol–water partition coefficient (Wildman–Crippen LogP) is 3.47. The van der Waals surface area contributed by atoms with E-state index in [9.17, 15) is 8.78 Å². The zero-order chi connectivity index (χ0) is 19.7. The van der Waals surface area contributed by atoms with E-state index in [1.807, 2.05) is 25.1 Å². The van der Waals surface area contributed by atoms with Crippen LogP contribution >= 0.6 is 11.8 Å². The number of nitrogens with zero attached hydrogens (tertiary/aromatic N) is 1. The fourth-order valence-corrected chi connectivity index (χ4v) is 2.88. The van der Waals surface area contributed by atoms with E-state index in [1.165, 1.54) is 18.2 Å². The van der Waals surface area contributed by atoms with Gasteiger partial charge in [0.15, 0.2) is 0 Å². The summed E-state index contributed by atoms with van der Waals surface area (Å²) < 4.78 is 26.2. The summed E-state index contributed by atoms with van der Waals surface area (Å²) >= 11 is 1.64. The van der Waals surface area contributed by atoms with Crippen molar-refractivity contribution in [2.24, 2.45) is 0 Å². The lowest BCUT2D eigenvalue weighted by Crippen LogP contribution is -2.11. The number of halogens is 2. The van der Waals surface area contributed by atoms with Crippen LogP contribution in [-0.4, -0.2) is 41.1 Å². The van der Waals surface area contributed by atoms with Crippen molar-refractivity contribution in [2.45, 2.75) is 17.2 Å². The van der Waals surface area contributed by atoms with Crippen LogP contribution in [0.15, 0.2) is 47.4 Å². The first-order chi connectivity index (χ1) is 12.2. The average Bonchev–Trinajstić information content (AvgIpc) is 2.55. The Kier molecular flexibility index (Phi) is 8.74. The molecule has 0 heterocycles. The third kappa shape index (κ3) is 8.09. The normalized spacial score (nSPS) is 10.2. The fraction of sp³-hybridized carbons (Fsp3) is 0.222. The summed E-state index contributed by atoms with van der Waals surface area (Å²) in [6.07, 6.45) is 0. The number of hydrogen-bond donors (Lipinski definition) is 2. The Bertz CT molecular complexity index is 739. The summed E-state index contributed by atoms with van der Waals surface area (Å²) in [6, 6.07) is 11.3. The number of carbonyl (C=O) groups is 2. The van der Waals surface area contributed by atoms with Gasteiger partial charge in [0.05, 0.1) is 0 Å². The lowest BCUT2D eigenvalue weighted by molar-refractivity contribution is -0.159. The maximum atomic E-state index is 13.3. The highest BCUT2D eigenvalue weighted by Gasteiger charge is 2.07. The van der Waals surface area contributed by atoms with Gasteiger partial charge in [0.2, 0.25) is 0 Å². The van der Waals surface area contributed by atoms with Gasteiger partial charge in [-0.15, -0.1) is 11.8 Å². The molecule has 0 saturated heterocycles. The Labute approximate surface area is 154 Å². The van der Waals surface area contributed by atoms with Gasteiger partial charge in [0, 0.05) is 17.2 Å². The van der Waals surface area contributed by atoms with Crippen LogP contribution in [0.2, 0.25) is 0 Å². The zero-order valence-electron chi connectivity index (χ0n) is 14.3. The van der Waals surface area contributed by atoms with Gasteiger partial charge in [-0.3, -0.25) is 0 Å². The van der Waals surface area contributed by atoms with Crippen molar-refractivity contribution in [1.29, 1.82) is 0 Å². The van der Waals surface area contributed by atoms with Crippen molar-refractivity contribution in [1.82, 2.24) is 4.90 Å². The molecule has 0 fully saturated rings. The third-order valence-corrected chi connectivity index (χ3v) is 4.19. The SMILES string of the molecule is CN(C)Cc1cc(F)ccc1SCc1ccc(F)cc1.O=C(O)C(=O)O. The first kappa shape index (κ1) is 21.6. The van der Waals surface area contributed by atoms with E-state index < -0.39 is 11.9 Å². The molecule has 0 bridgehead atoms. The second-order valence-corrected chi connectivity index (χ2v) is 6.53. The summed E-state index contributed by atoms with van der Waals surface area (Å²) in [7, 11) is 3.92. The fourth-order valence-electron chi connectivity index (χ4n) is 1.89. The van der Waals surface area contributed by atoms with Gasteiger partial charge in [-0.05, 0) is 55.6 Å². The van der Waals surface area contributed by atoms with Crippen LogP contribution in [0, 0.1) is 11.6 Å². The van der Waals surface area contributed by atoms with Crippen LogP contribution in [-0.2, 0) is 21.9 Å². The van der Waals surface area contributed by atoms with E-state index in [0.717, 1.165) is 21.8 Å². The number of aliphatic carboxylic acids is 2. The number of benzene rings is 2. The number of carboxylic acids is 2. The van der Waals surface area contributed by atoms with E-state index in [4.69, 9.17) is 19.8 Å². The van der Waals surface area contributed by atoms with Crippen molar-refractivity contribution < 1.29 is 28.6 Å². The number of rotatable bonds is 5. The molecule has 0 radical (unpaired) electrons. The first-order valence-electron chi connectivity index (χ1n) is 7.45. The summed E-state index contributed by atoms with van der Waals surface area (Å²) in [6.45, 7) is 0.698. The lowest BCUT2D eigenvalue weighted by Gasteiger charge is -2.14. The van der Waals surface area contributed by atoms with E-state index in [1.54, 1.807) is 30.0 Å². The van der Waals surface area contributed by atoms with Crippen molar-refractivity contribution >= 4 is 23.7 Å². The molecule has 5 nitrogen and oxygen atoms in total. The molecule has 0 spiro atoms. The first-order valence-corrected chi connectivity index (χ1v) is 8.44. The van der Waals surface area contributed by atoms with Gasteiger partial charge >= 0.3 is 11.9 Å². The Morgan fingerprint density at radius 2 is 1.50 bits per heavy atom. The van der Waals surface area contributed by atoms with Crippen LogP contribution in [0.5, 0.6) is 0 Å². The Morgan fingerprint density at radius 3 is 2.00 bits per heavy atom. The van der Waals surface area contributed by atoms with Crippen LogP contribution in [0.4, 0.5) is 8.78 Å². The minimum absolute atomic E-state index is 0.215. The molecule has 0 amide bonds. The van der Waals surface area contributed by atoms with Crippen LogP contribution in [0.25, 0.3) is 0 Å². The Morgan fingerprint density at radius 1 is 0.962 bits per heavy atom. The quantitative estimate of drug-likeness (QED) is 0.608. The van der Waals surface area contributed by atoms with Crippen molar-refractivity contribution in [3.05, 3.63) is 65.2 Å². The summed E-state index contributed by atoms with van der Waals surface area (Å²) in [5, 5.41) is 14.8. The largest absolute Gasteiger partial charge is 0.473 e. The smallest absolute Gasteiger partial charge is 0.414 e. The van der Waals surface area contributed by atoms with E-state index >= 15 is 0 Å². The minimum atomic E-state index is -1.82. The van der Waals surface area contributed by atoms with Gasteiger partial charge in [0.1, 0.15) is 11.6 Å². The highest BCUT2D eigenvalue weighted by atomic mass is 32.2. The maximum absolute atomic E-state index is 13.3. The zero-order valence-corrected chi connectivity index (χ0v) is 15.1. The number of thioether (sulfide) groups is 1. The van der Waals surface area contributed by atoms with Crippen molar-refractivity contribution in [3.8, 4) is 0 Å². The molecular weight excluding hydrogens is 364 g/mol. The second kappa shape index (κ2) is 10.5. The molecule has 2 aromatic rings. The lowest BCUT2D eigenvalue weighted by atomic mass is 10.2. The van der Waals surface area contributed by atoms with Crippen LogP contribution < -0.4 is 0 Å². The van der Waals surface area contributed by atoms with Gasteiger partial charge in [-0.1, -0.05) is 12.1 Å². The Hall–Kier alpha value is -2.45. The number of hydrogen-bond acceptors (Lipinski definition) is 4. The third-order valence-electron chi connectivity index (χ3n) is 3.00. The molecule has 2 rings (SSSR count). The summed E-state index contributed by atoms with van der Waals surface area (Å²) in [5.41, 5.74) is 2.03. The molecule has 0 unspecified atom stereocenters. The van der Waals surface area contributed by atoms with E-state index in [0.29, 0.717) is 6.54 Å². The van der Waals surface area contributed by atoms with Gasteiger partial charge in [-0.25, -0.2) is 18.4 Å². The molecule has 0 aromatic heterocycles. The van der Waals surface area contributed by atoms with Gasteiger partial charge in [-0.2, -0.15) is 0 Å². The molecule has 2 aromatic carbocycles. The highest BCUT2D eigenvalue weighted by Crippen LogP contribution is 2.27. The van der Waals surface area contributed by atoms with Crippen molar-refractivity contribution in [3.63, 3.8) is 0 Å². The molecule has 0 aliphatic heterocycles. The summed E-state index contributed by atoms with van der Waals surface area (Å²) in [4.78, 5) is 21.3. The molecule has 0 atom stereocenters. The molecule has 0 aliphatic rings. The average molecular weight is 383 g/mol. The molecule has 26 heavy (non-hydrogen) atoms. The molecule has 8 heteroatoms. The van der Waals surface area contributed by atoms with Crippen LogP contribution in [0.1, 0.15) is 11.1 Å². The molecule has 140 valence electrons. The Balaban J connectivity index is 0.000000487. The minimum Gasteiger partial charge on any atom is -0.473 e. The molecular formula is C18H19F2NO4S. The monoisotopic (exact) mass is 383 g/mol. The second-order valence-electron chi connectivity index (χ2n) is 5.52. The predicted molar refractivity (Wildman–Crippen MR) is 95.0 cm³/mol. The van der Waals surface area contributed by atoms with E-state index in [2.05, 4.69) is 0 Å². The van der Waals surface area contributed by atoms with E-state index in [-0.39, 0.29) is 11.6 Å². The standard InChI is InChI=1S/C16H17F2NS.C2H2O4/c1-19(2)10-13-9-15(18)7-8-16(13)20-11-12-3-5-14(17)6-4-12;3-1(4)2(5)6/h3-9H,10-11H2,1-2H3;(H,3,4)(H,5,6). The molecule has 2 N–H and O–H groups in total. The van der Waals surface area contributed by atoms with Crippen molar-refractivity contribution in [2.75, 3.05) is 14.1 Å². The van der Waals surface area contributed by atoms with Crippen LogP contribution in [0.3, 0.4) is 0 Å². The summed E-state index contributed by atoms with van der Waals surface area (Å²) in [5.74, 6) is -3.35.